The highest BCUT2D eigenvalue weighted by molar-refractivity contribution is 7.89. The molecule has 4 rings (SSSR count). The number of nitrogens with zero attached hydrogens (tertiary/aromatic N) is 3. The number of hydrogen-bond donors (Lipinski definition) is 1. The van der Waals surface area contributed by atoms with Crippen molar-refractivity contribution in [2.24, 2.45) is 11.8 Å². The molecule has 3 heterocycles. The van der Waals surface area contributed by atoms with Gasteiger partial charge in [-0.25, -0.2) is 8.42 Å². The first-order chi connectivity index (χ1) is 18.2. The van der Waals surface area contributed by atoms with Crippen molar-refractivity contribution in [2.45, 2.75) is 43.7 Å². The second-order valence-electron chi connectivity index (χ2n) is 9.99. The van der Waals surface area contributed by atoms with Gasteiger partial charge in [-0.15, -0.1) is 0 Å². The summed E-state index contributed by atoms with van der Waals surface area (Å²) in [6.45, 7) is 4.86. The van der Waals surface area contributed by atoms with Gasteiger partial charge < -0.3 is 19.5 Å². The molecule has 1 amide bonds. The first-order valence-electron chi connectivity index (χ1n) is 12.9. The Morgan fingerprint density at radius 1 is 1.18 bits per heavy atom. The number of likely N-dealkylation sites (N-methyl/N-ethyl adjacent to an activating group) is 1. The van der Waals surface area contributed by atoms with E-state index in [9.17, 15) is 18.3 Å². The number of sulfonamides is 1. The summed E-state index contributed by atoms with van der Waals surface area (Å²) in [5, 5.41) is 9.84. The van der Waals surface area contributed by atoms with Crippen LogP contribution in [0.1, 0.15) is 37.8 Å². The van der Waals surface area contributed by atoms with E-state index in [2.05, 4.69) is 16.8 Å². The first kappa shape index (κ1) is 28.0. The van der Waals surface area contributed by atoms with Crippen molar-refractivity contribution in [3.63, 3.8) is 0 Å². The molecule has 2 aromatic rings. The summed E-state index contributed by atoms with van der Waals surface area (Å²) < 4.78 is 40.5. The Morgan fingerprint density at radius 3 is 2.55 bits per heavy atom. The molecule has 10 heteroatoms. The summed E-state index contributed by atoms with van der Waals surface area (Å²) in [6.07, 6.45) is 4.21. The van der Waals surface area contributed by atoms with Crippen LogP contribution in [0.2, 0.25) is 0 Å². The number of pyridine rings is 1. The Hall–Kier alpha value is -2.97. The molecule has 0 bridgehead atoms. The van der Waals surface area contributed by atoms with Gasteiger partial charge in [-0.1, -0.05) is 18.8 Å². The molecule has 1 fully saturated rings. The fraction of sp³-hybridized carbons (Fsp3) is 0.500. The third-order valence-corrected chi connectivity index (χ3v) is 9.12. The number of ether oxygens (including phenoxy) is 2. The van der Waals surface area contributed by atoms with Crippen LogP contribution in [0.3, 0.4) is 0 Å². The molecular weight excluding hydrogens is 506 g/mol. The lowest BCUT2D eigenvalue weighted by Gasteiger charge is -2.38. The van der Waals surface area contributed by atoms with E-state index in [4.69, 9.17) is 9.47 Å². The van der Waals surface area contributed by atoms with E-state index >= 15 is 0 Å². The molecule has 0 saturated carbocycles. The SMILES string of the molecule is C[C@H](CO)N1C[C@H](C)[C@@H](CN(C)C(=O)C2CCOCC2)Oc2cc(C#Cc3ccncc3)ccc2S1(=O)=O. The Morgan fingerprint density at radius 2 is 1.87 bits per heavy atom. The number of rotatable bonds is 5. The van der Waals surface area contributed by atoms with Gasteiger partial charge in [0.2, 0.25) is 15.9 Å². The van der Waals surface area contributed by atoms with E-state index < -0.39 is 22.2 Å². The van der Waals surface area contributed by atoms with Crippen LogP contribution in [0, 0.1) is 23.7 Å². The van der Waals surface area contributed by atoms with Gasteiger partial charge in [0.05, 0.1) is 13.2 Å². The number of fused-ring (bicyclic) bond motifs is 1. The van der Waals surface area contributed by atoms with Crippen molar-refractivity contribution in [1.29, 1.82) is 0 Å². The molecule has 2 aliphatic rings. The smallest absolute Gasteiger partial charge is 0.247 e. The van der Waals surface area contributed by atoms with E-state index in [0.29, 0.717) is 38.2 Å². The van der Waals surface area contributed by atoms with Crippen LogP contribution < -0.4 is 4.74 Å². The predicted octanol–water partition coefficient (Wildman–Crippen LogP) is 2.13. The average molecular weight is 542 g/mol. The topological polar surface area (TPSA) is 109 Å². The molecule has 1 aromatic heterocycles. The van der Waals surface area contributed by atoms with Crippen molar-refractivity contribution in [2.75, 3.05) is 40.0 Å². The molecule has 9 nitrogen and oxygen atoms in total. The molecule has 0 spiro atoms. The minimum atomic E-state index is -3.96. The van der Waals surface area contributed by atoms with E-state index in [-0.39, 0.29) is 41.5 Å². The number of carbonyl (C=O) groups excluding carboxylic acids is 1. The molecule has 2 aliphatic heterocycles. The van der Waals surface area contributed by atoms with Crippen molar-refractivity contribution < 1.29 is 27.8 Å². The quantitative estimate of drug-likeness (QED) is 0.578. The summed E-state index contributed by atoms with van der Waals surface area (Å²) >= 11 is 0. The van der Waals surface area contributed by atoms with Crippen LogP contribution in [0.5, 0.6) is 5.75 Å². The maximum atomic E-state index is 13.7. The summed E-state index contributed by atoms with van der Waals surface area (Å²) in [7, 11) is -2.20. The Bertz CT molecular complexity index is 1280. The van der Waals surface area contributed by atoms with Crippen LogP contribution in [0.25, 0.3) is 0 Å². The number of aromatic nitrogens is 1. The van der Waals surface area contributed by atoms with Gasteiger partial charge >= 0.3 is 0 Å². The normalized spacial score (nSPS) is 22.5. The molecule has 38 heavy (non-hydrogen) atoms. The summed E-state index contributed by atoms with van der Waals surface area (Å²) in [4.78, 5) is 18.8. The fourth-order valence-electron chi connectivity index (χ4n) is 4.72. The molecule has 1 saturated heterocycles. The molecule has 0 radical (unpaired) electrons. The third kappa shape index (κ3) is 6.35. The highest BCUT2D eigenvalue weighted by Crippen LogP contribution is 2.34. The first-order valence-corrected chi connectivity index (χ1v) is 14.3. The Labute approximate surface area is 224 Å². The molecule has 204 valence electrons. The van der Waals surface area contributed by atoms with Crippen LogP contribution in [0.4, 0.5) is 0 Å². The number of aliphatic hydroxyl groups excluding tert-OH is 1. The number of benzene rings is 1. The van der Waals surface area contributed by atoms with Gasteiger partial charge in [-0.2, -0.15) is 4.31 Å². The molecule has 0 aliphatic carbocycles. The highest BCUT2D eigenvalue weighted by Gasteiger charge is 2.38. The van der Waals surface area contributed by atoms with Crippen LogP contribution >= 0.6 is 0 Å². The monoisotopic (exact) mass is 541 g/mol. The average Bonchev–Trinajstić information content (AvgIpc) is 2.93. The van der Waals surface area contributed by atoms with Crippen LogP contribution in [-0.4, -0.2) is 85.7 Å². The summed E-state index contributed by atoms with van der Waals surface area (Å²) in [5.74, 6) is 5.99. The zero-order valence-corrected chi connectivity index (χ0v) is 22.9. The van der Waals surface area contributed by atoms with Crippen molar-refractivity contribution in [3.8, 4) is 17.6 Å². The lowest BCUT2D eigenvalue weighted by atomic mass is 9.97. The third-order valence-electron chi connectivity index (χ3n) is 7.10. The van der Waals surface area contributed by atoms with E-state index in [1.54, 1.807) is 55.5 Å². The van der Waals surface area contributed by atoms with Gasteiger partial charge in [-0.05, 0) is 50.1 Å². The number of amides is 1. The minimum Gasteiger partial charge on any atom is -0.487 e. The van der Waals surface area contributed by atoms with E-state index in [1.165, 1.54) is 10.4 Å². The summed E-state index contributed by atoms with van der Waals surface area (Å²) in [6, 6.07) is 7.74. The largest absolute Gasteiger partial charge is 0.487 e. The van der Waals surface area contributed by atoms with E-state index in [0.717, 1.165) is 5.56 Å². The Balaban J connectivity index is 1.68. The van der Waals surface area contributed by atoms with Crippen molar-refractivity contribution in [3.05, 3.63) is 53.9 Å². The second kappa shape index (κ2) is 12.3. The number of hydrogen-bond acceptors (Lipinski definition) is 7. The maximum Gasteiger partial charge on any atom is 0.247 e. The van der Waals surface area contributed by atoms with E-state index in [1.807, 2.05) is 6.92 Å². The molecular formula is C28H35N3O6S. The minimum absolute atomic E-state index is 0.0163. The number of aliphatic hydroxyl groups is 1. The lowest BCUT2D eigenvalue weighted by Crippen LogP contribution is -2.50. The zero-order valence-electron chi connectivity index (χ0n) is 22.0. The van der Waals surface area contributed by atoms with Gasteiger partial charge in [0, 0.05) is 68.2 Å². The molecule has 1 N–H and O–H groups in total. The molecule has 3 atom stereocenters. The Kier molecular flexibility index (Phi) is 9.05. The van der Waals surface area contributed by atoms with Gasteiger partial charge in [0.1, 0.15) is 16.7 Å². The standard InChI is InChI=1S/C28H35N3O6S/c1-20-17-31(21(2)19-32)38(34,35)27-7-6-23(5-4-22-8-12-29-13-9-22)16-25(27)37-26(20)18-30(3)28(33)24-10-14-36-15-11-24/h6-9,12-13,16,20-21,24,26,32H,10-11,14-15,17-19H2,1-3H3/t20-,21+,26+/m0/s1. The predicted molar refractivity (Wildman–Crippen MR) is 142 cm³/mol. The lowest BCUT2D eigenvalue weighted by molar-refractivity contribution is -0.138. The van der Waals surface area contributed by atoms with Gasteiger partial charge in [0.25, 0.3) is 0 Å². The number of carbonyl (C=O) groups is 1. The van der Waals surface area contributed by atoms with Gasteiger partial charge in [-0.3, -0.25) is 9.78 Å². The maximum absolute atomic E-state index is 13.7. The highest BCUT2D eigenvalue weighted by atomic mass is 32.2. The molecule has 1 aromatic carbocycles. The second-order valence-corrected chi connectivity index (χ2v) is 11.9. The van der Waals surface area contributed by atoms with Crippen molar-refractivity contribution in [1.82, 2.24) is 14.2 Å². The van der Waals surface area contributed by atoms with Gasteiger partial charge in [0.15, 0.2) is 0 Å². The fourth-order valence-corrected chi connectivity index (χ4v) is 6.54. The van der Waals surface area contributed by atoms with Crippen molar-refractivity contribution >= 4 is 15.9 Å². The van der Waals surface area contributed by atoms with Crippen LogP contribution in [0.15, 0.2) is 47.6 Å². The zero-order chi connectivity index (χ0) is 27.3. The molecule has 0 unspecified atom stereocenters. The summed E-state index contributed by atoms with van der Waals surface area (Å²) in [5.41, 5.74) is 1.37. The van der Waals surface area contributed by atoms with Crippen LogP contribution in [-0.2, 0) is 19.6 Å².